The van der Waals surface area contributed by atoms with Crippen LogP contribution in [0.4, 0.5) is 0 Å². The molecule has 4 nitrogen and oxygen atoms in total. The van der Waals surface area contributed by atoms with E-state index >= 15 is 0 Å². The van der Waals surface area contributed by atoms with E-state index in [1.807, 2.05) is 0 Å². The molecule has 20 heavy (non-hydrogen) atoms. The first-order chi connectivity index (χ1) is 9.56. The predicted octanol–water partition coefficient (Wildman–Crippen LogP) is 3.24. The first kappa shape index (κ1) is 14.6. The van der Waals surface area contributed by atoms with Gasteiger partial charge >= 0.3 is 0 Å². The highest BCUT2D eigenvalue weighted by Crippen LogP contribution is 2.23. The van der Waals surface area contributed by atoms with Gasteiger partial charge in [0.15, 0.2) is 5.16 Å². The number of fused-ring (bicyclic) bond motifs is 1. The second-order valence-corrected chi connectivity index (χ2v) is 5.89. The highest BCUT2D eigenvalue weighted by Gasteiger charge is 2.13. The molecule has 1 aromatic heterocycles. The van der Waals surface area contributed by atoms with E-state index in [9.17, 15) is 4.79 Å². The highest BCUT2D eigenvalue weighted by atomic mass is 35.5. The van der Waals surface area contributed by atoms with Crippen molar-refractivity contribution in [3.05, 3.63) is 46.2 Å². The minimum Gasteiger partial charge on any atom is -0.283 e. The van der Waals surface area contributed by atoms with E-state index in [4.69, 9.17) is 16.9 Å². The summed E-state index contributed by atoms with van der Waals surface area (Å²) in [7, 11) is 0. The van der Waals surface area contributed by atoms with Crippen molar-refractivity contribution in [2.75, 3.05) is 0 Å². The summed E-state index contributed by atoms with van der Waals surface area (Å²) in [5.74, 6) is 0. The summed E-state index contributed by atoms with van der Waals surface area (Å²) in [6.45, 7) is 5.76. The lowest BCUT2D eigenvalue weighted by Gasteiger charge is -2.12. The van der Waals surface area contributed by atoms with Crippen LogP contribution in [0, 0.1) is 11.3 Å². The van der Waals surface area contributed by atoms with Gasteiger partial charge in [0.2, 0.25) is 0 Å². The zero-order valence-corrected chi connectivity index (χ0v) is 12.4. The van der Waals surface area contributed by atoms with E-state index in [0.717, 1.165) is 0 Å². The quantitative estimate of drug-likeness (QED) is 0.494. The Morgan fingerprint density at radius 1 is 1.65 bits per heavy atom. The van der Waals surface area contributed by atoms with Crippen molar-refractivity contribution in [1.82, 2.24) is 9.55 Å². The third-order valence-electron chi connectivity index (χ3n) is 2.66. The van der Waals surface area contributed by atoms with Gasteiger partial charge in [-0.2, -0.15) is 5.26 Å². The van der Waals surface area contributed by atoms with E-state index in [1.54, 1.807) is 31.2 Å². The number of nitriles is 1. The summed E-state index contributed by atoms with van der Waals surface area (Å²) in [5, 5.41) is 10.1. The fraction of sp³-hybridized carbons (Fsp3) is 0.214. The molecule has 1 unspecified atom stereocenters. The van der Waals surface area contributed by atoms with Gasteiger partial charge in [0.25, 0.3) is 5.56 Å². The van der Waals surface area contributed by atoms with Crippen molar-refractivity contribution < 1.29 is 0 Å². The number of benzene rings is 1. The van der Waals surface area contributed by atoms with Gasteiger partial charge in [-0.15, -0.1) is 6.58 Å². The Morgan fingerprint density at radius 2 is 2.40 bits per heavy atom. The molecule has 2 rings (SSSR count). The predicted molar refractivity (Wildman–Crippen MR) is 82.1 cm³/mol. The first-order valence-corrected chi connectivity index (χ1v) is 7.20. The molecule has 0 aliphatic carbocycles. The lowest BCUT2D eigenvalue weighted by atomic mass is 10.2. The molecule has 0 aliphatic heterocycles. The molecule has 0 fully saturated rings. The minimum atomic E-state index is -0.297. The van der Waals surface area contributed by atoms with Gasteiger partial charge < -0.3 is 0 Å². The van der Waals surface area contributed by atoms with Crippen LogP contribution in [0.5, 0.6) is 0 Å². The maximum absolute atomic E-state index is 12.5. The number of thioether (sulfide) groups is 1. The summed E-state index contributed by atoms with van der Waals surface area (Å²) in [6.07, 6.45) is 1.63. The number of rotatable bonds is 4. The molecule has 102 valence electrons. The normalized spacial score (nSPS) is 12.1. The third kappa shape index (κ3) is 2.87. The van der Waals surface area contributed by atoms with Crippen molar-refractivity contribution in [1.29, 1.82) is 5.26 Å². The summed E-state index contributed by atoms with van der Waals surface area (Å²) >= 11 is 7.18. The van der Waals surface area contributed by atoms with Crippen molar-refractivity contribution in [2.24, 2.45) is 0 Å². The molecule has 0 bridgehead atoms. The maximum atomic E-state index is 12.5. The van der Waals surface area contributed by atoms with Crippen LogP contribution in [0.1, 0.15) is 6.92 Å². The Morgan fingerprint density at radius 3 is 3.05 bits per heavy atom. The van der Waals surface area contributed by atoms with E-state index in [2.05, 4.69) is 17.6 Å². The molecular formula is C14H12ClN3OS. The molecule has 0 amide bonds. The van der Waals surface area contributed by atoms with Crippen LogP contribution in [0.2, 0.25) is 5.02 Å². The molecule has 0 N–H and O–H groups in total. The van der Waals surface area contributed by atoms with Gasteiger partial charge in [0.05, 0.1) is 22.2 Å². The van der Waals surface area contributed by atoms with Gasteiger partial charge in [-0.05, 0) is 25.1 Å². The van der Waals surface area contributed by atoms with Crippen LogP contribution in [-0.4, -0.2) is 14.8 Å². The summed E-state index contributed by atoms with van der Waals surface area (Å²) in [6, 6.07) is 7.09. The standard InChI is InChI=1S/C14H12ClN3OS/c1-3-6-18-13(19)11-5-4-10(15)7-12(11)17-14(18)20-9(2)8-16/h3-5,7,9H,1,6H2,2H3. The maximum Gasteiger partial charge on any atom is 0.262 e. The number of allylic oxidation sites excluding steroid dienone is 1. The van der Waals surface area contributed by atoms with E-state index in [0.29, 0.717) is 27.6 Å². The second-order valence-electron chi connectivity index (χ2n) is 4.15. The topological polar surface area (TPSA) is 58.7 Å². The molecule has 0 saturated carbocycles. The van der Waals surface area contributed by atoms with Crippen LogP contribution in [0.15, 0.2) is 40.8 Å². The van der Waals surface area contributed by atoms with Gasteiger partial charge in [0.1, 0.15) is 0 Å². The summed E-state index contributed by atoms with van der Waals surface area (Å²) in [5.41, 5.74) is 0.384. The molecule has 0 spiro atoms. The molecule has 1 atom stereocenters. The molecular weight excluding hydrogens is 294 g/mol. The van der Waals surface area contributed by atoms with Crippen LogP contribution in [0.3, 0.4) is 0 Å². The molecule has 2 aromatic rings. The van der Waals surface area contributed by atoms with Gasteiger partial charge in [-0.3, -0.25) is 9.36 Å². The Kier molecular flexibility index (Phi) is 4.48. The smallest absolute Gasteiger partial charge is 0.262 e. The van der Waals surface area contributed by atoms with E-state index in [1.165, 1.54) is 16.3 Å². The van der Waals surface area contributed by atoms with Gasteiger partial charge in [-0.25, -0.2) is 4.98 Å². The van der Waals surface area contributed by atoms with E-state index < -0.39 is 0 Å². The molecule has 1 heterocycles. The molecule has 0 aliphatic rings. The largest absolute Gasteiger partial charge is 0.283 e. The number of hydrogen-bond acceptors (Lipinski definition) is 4. The average molecular weight is 306 g/mol. The second kappa shape index (κ2) is 6.12. The van der Waals surface area contributed by atoms with Crippen molar-refractivity contribution in [3.8, 4) is 6.07 Å². The van der Waals surface area contributed by atoms with Crippen LogP contribution in [0.25, 0.3) is 10.9 Å². The molecule has 1 aromatic carbocycles. The molecule has 6 heteroatoms. The number of hydrogen-bond donors (Lipinski definition) is 0. The number of aromatic nitrogens is 2. The average Bonchev–Trinajstić information content (AvgIpc) is 2.42. The zero-order valence-electron chi connectivity index (χ0n) is 10.8. The Bertz CT molecular complexity index is 763. The Balaban J connectivity index is 2.70. The van der Waals surface area contributed by atoms with Crippen molar-refractivity contribution in [2.45, 2.75) is 23.9 Å². The van der Waals surface area contributed by atoms with Crippen LogP contribution < -0.4 is 5.56 Å². The molecule has 0 radical (unpaired) electrons. The highest BCUT2D eigenvalue weighted by molar-refractivity contribution is 8.00. The van der Waals surface area contributed by atoms with Crippen LogP contribution in [-0.2, 0) is 6.54 Å². The van der Waals surface area contributed by atoms with Crippen LogP contribution >= 0.6 is 23.4 Å². The van der Waals surface area contributed by atoms with Crippen molar-refractivity contribution in [3.63, 3.8) is 0 Å². The van der Waals surface area contributed by atoms with Gasteiger partial charge in [0, 0.05) is 11.6 Å². The fourth-order valence-electron chi connectivity index (χ4n) is 1.74. The zero-order chi connectivity index (χ0) is 14.7. The summed E-state index contributed by atoms with van der Waals surface area (Å²) in [4.78, 5) is 16.9. The third-order valence-corrected chi connectivity index (χ3v) is 3.87. The number of nitrogens with zero attached hydrogens (tertiary/aromatic N) is 3. The minimum absolute atomic E-state index is 0.154. The monoisotopic (exact) mass is 305 g/mol. The van der Waals surface area contributed by atoms with E-state index in [-0.39, 0.29) is 10.8 Å². The fourth-order valence-corrected chi connectivity index (χ4v) is 2.71. The lowest BCUT2D eigenvalue weighted by Crippen LogP contribution is -2.23. The number of halogens is 1. The Hall–Kier alpha value is -1.77. The van der Waals surface area contributed by atoms with Crippen molar-refractivity contribution >= 4 is 34.3 Å². The Labute approximate surface area is 125 Å². The van der Waals surface area contributed by atoms with Gasteiger partial charge in [-0.1, -0.05) is 29.4 Å². The summed E-state index contributed by atoms with van der Waals surface area (Å²) < 4.78 is 1.52. The SMILES string of the molecule is C=CCn1c(SC(C)C#N)nc2cc(Cl)ccc2c1=O. The molecule has 0 saturated heterocycles. The lowest BCUT2D eigenvalue weighted by molar-refractivity contribution is 0.671. The first-order valence-electron chi connectivity index (χ1n) is 5.94.